The monoisotopic (exact) mass is 350 g/mol. The fourth-order valence-electron chi connectivity index (χ4n) is 1.71. The Hall–Kier alpha value is -2.32. The molecule has 0 aliphatic carbocycles. The highest BCUT2D eigenvalue weighted by Gasteiger charge is 2.00. The third-order valence-electron chi connectivity index (χ3n) is 2.90. The Balaban J connectivity index is 1.63. The first-order chi connectivity index (χ1) is 11.2. The van der Waals surface area contributed by atoms with Crippen LogP contribution in [0.3, 0.4) is 0 Å². The summed E-state index contributed by atoms with van der Waals surface area (Å²) in [5.41, 5.74) is 6.71. The first-order valence-electron chi connectivity index (χ1n) is 6.90. The predicted molar refractivity (Wildman–Crippen MR) is 96.8 cm³/mol. The maximum Gasteiger partial charge on any atom is 0.185 e. The number of hydrogen-bond donors (Lipinski definition) is 4. The SMILES string of the molecule is COc1ccc(CNC(=S)NNC(=S)NCc2ccco2)cc1. The summed E-state index contributed by atoms with van der Waals surface area (Å²) in [6.07, 6.45) is 1.62. The minimum Gasteiger partial charge on any atom is -0.497 e. The number of thiocarbonyl (C=S) groups is 2. The molecular formula is C15H18N4O2S2. The standard InChI is InChI=1S/C15H18N4O2S2/c1-20-12-6-4-11(5-7-12)9-16-14(22)18-19-15(23)17-10-13-3-2-8-21-13/h2-8H,9-10H2,1H3,(H2,16,18,22)(H2,17,19,23). The van der Waals surface area contributed by atoms with Gasteiger partial charge in [0, 0.05) is 6.54 Å². The second-order valence-corrected chi connectivity index (χ2v) is 5.36. The number of rotatable bonds is 5. The van der Waals surface area contributed by atoms with E-state index in [1.807, 2.05) is 36.4 Å². The lowest BCUT2D eigenvalue weighted by molar-refractivity contribution is 0.414. The van der Waals surface area contributed by atoms with Crippen LogP contribution in [0.2, 0.25) is 0 Å². The second kappa shape index (κ2) is 8.96. The zero-order valence-electron chi connectivity index (χ0n) is 12.6. The molecule has 0 saturated carbocycles. The molecule has 0 unspecified atom stereocenters. The molecule has 6 nitrogen and oxygen atoms in total. The number of hydrazine groups is 1. The van der Waals surface area contributed by atoms with Crippen molar-refractivity contribution >= 4 is 34.7 Å². The molecule has 1 heterocycles. The van der Waals surface area contributed by atoms with Gasteiger partial charge < -0.3 is 19.8 Å². The number of benzene rings is 1. The normalized spacial score (nSPS) is 9.78. The van der Waals surface area contributed by atoms with E-state index in [0.717, 1.165) is 17.1 Å². The van der Waals surface area contributed by atoms with Gasteiger partial charge >= 0.3 is 0 Å². The maximum atomic E-state index is 5.20. The van der Waals surface area contributed by atoms with Crippen LogP contribution in [0.1, 0.15) is 11.3 Å². The van der Waals surface area contributed by atoms with Gasteiger partial charge in [-0.25, -0.2) is 0 Å². The molecule has 0 spiro atoms. The molecular weight excluding hydrogens is 332 g/mol. The zero-order valence-corrected chi connectivity index (χ0v) is 14.2. The average Bonchev–Trinajstić information content (AvgIpc) is 3.10. The highest BCUT2D eigenvalue weighted by molar-refractivity contribution is 7.80. The van der Waals surface area contributed by atoms with Crippen molar-refractivity contribution in [3.63, 3.8) is 0 Å². The molecule has 122 valence electrons. The molecule has 1 aromatic carbocycles. The highest BCUT2D eigenvalue weighted by atomic mass is 32.1. The van der Waals surface area contributed by atoms with E-state index in [1.54, 1.807) is 13.4 Å². The lowest BCUT2D eigenvalue weighted by Crippen LogP contribution is -2.49. The first-order valence-corrected chi connectivity index (χ1v) is 7.72. The van der Waals surface area contributed by atoms with Crippen LogP contribution in [0.15, 0.2) is 47.1 Å². The number of hydrogen-bond acceptors (Lipinski definition) is 4. The Labute approximate surface area is 145 Å². The quantitative estimate of drug-likeness (QED) is 0.481. The maximum absolute atomic E-state index is 5.20. The third-order valence-corrected chi connectivity index (χ3v) is 3.40. The topological polar surface area (TPSA) is 70.5 Å². The van der Waals surface area contributed by atoms with Gasteiger partial charge in [0.15, 0.2) is 10.2 Å². The zero-order chi connectivity index (χ0) is 16.5. The number of furan rings is 1. The minimum absolute atomic E-state index is 0.426. The van der Waals surface area contributed by atoms with Crippen molar-refractivity contribution in [3.8, 4) is 5.75 Å². The van der Waals surface area contributed by atoms with Crippen molar-refractivity contribution in [1.29, 1.82) is 0 Å². The second-order valence-electron chi connectivity index (χ2n) is 4.54. The van der Waals surface area contributed by atoms with Crippen molar-refractivity contribution < 1.29 is 9.15 Å². The summed E-state index contributed by atoms with van der Waals surface area (Å²) < 4.78 is 10.3. The molecule has 23 heavy (non-hydrogen) atoms. The Morgan fingerprint density at radius 1 is 1.00 bits per heavy atom. The van der Waals surface area contributed by atoms with Crippen molar-refractivity contribution in [2.24, 2.45) is 0 Å². The van der Waals surface area contributed by atoms with Gasteiger partial charge in [-0.3, -0.25) is 10.9 Å². The van der Waals surface area contributed by atoms with Crippen LogP contribution in [0.25, 0.3) is 0 Å². The summed E-state index contributed by atoms with van der Waals surface area (Å²) in [6, 6.07) is 11.4. The molecule has 0 bridgehead atoms. The fourth-order valence-corrected chi connectivity index (χ4v) is 1.95. The molecule has 0 aliphatic rings. The summed E-state index contributed by atoms with van der Waals surface area (Å²) >= 11 is 10.3. The van der Waals surface area contributed by atoms with Crippen LogP contribution in [0.4, 0.5) is 0 Å². The van der Waals surface area contributed by atoms with Gasteiger partial charge in [0.05, 0.1) is 19.9 Å². The van der Waals surface area contributed by atoms with Gasteiger partial charge in [0.1, 0.15) is 11.5 Å². The fraction of sp³-hybridized carbons (Fsp3) is 0.200. The molecule has 1 aromatic heterocycles. The van der Waals surface area contributed by atoms with Crippen LogP contribution in [-0.2, 0) is 13.1 Å². The minimum atomic E-state index is 0.426. The molecule has 0 aliphatic heterocycles. The number of nitrogens with one attached hydrogen (secondary N) is 4. The lowest BCUT2D eigenvalue weighted by Gasteiger charge is -2.14. The molecule has 8 heteroatoms. The smallest absolute Gasteiger partial charge is 0.185 e. The van der Waals surface area contributed by atoms with Crippen molar-refractivity contribution in [2.45, 2.75) is 13.1 Å². The summed E-state index contributed by atoms with van der Waals surface area (Å²) in [5.74, 6) is 1.62. The van der Waals surface area contributed by atoms with Gasteiger partial charge in [0.2, 0.25) is 0 Å². The summed E-state index contributed by atoms with van der Waals surface area (Å²) in [6.45, 7) is 1.11. The first kappa shape index (κ1) is 17.0. The molecule has 4 N–H and O–H groups in total. The Morgan fingerprint density at radius 3 is 2.22 bits per heavy atom. The number of methoxy groups -OCH3 is 1. The third kappa shape index (κ3) is 6.13. The van der Waals surface area contributed by atoms with Crippen LogP contribution in [0, 0.1) is 0 Å². The van der Waals surface area contributed by atoms with E-state index in [1.165, 1.54) is 0 Å². The van der Waals surface area contributed by atoms with Crippen LogP contribution in [0.5, 0.6) is 5.75 Å². The summed E-state index contributed by atoms with van der Waals surface area (Å²) in [5, 5.41) is 6.94. The molecule has 0 saturated heterocycles. The average molecular weight is 350 g/mol. The molecule has 0 radical (unpaired) electrons. The van der Waals surface area contributed by atoms with E-state index in [0.29, 0.717) is 23.3 Å². The van der Waals surface area contributed by atoms with E-state index in [4.69, 9.17) is 33.6 Å². The van der Waals surface area contributed by atoms with E-state index in [9.17, 15) is 0 Å². The largest absolute Gasteiger partial charge is 0.497 e. The number of ether oxygens (including phenoxy) is 1. The molecule has 2 rings (SSSR count). The molecule has 0 atom stereocenters. The van der Waals surface area contributed by atoms with Crippen molar-refractivity contribution in [3.05, 3.63) is 54.0 Å². The highest BCUT2D eigenvalue weighted by Crippen LogP contribution is 2.10. The van der Waals surface area contributed by atoms with Crippen LogP contribution in [-0.4, -0.2) is 17.3 Å². The van der Waals surface area contributed by atoms with Crippen molar-refractivity contribution in [2.75, 3.05) is 7.11 Å². The Morgan fingerprint density at radius 2 is 1.65 bits per heavy atom. The van der Waals surface area contributed by atoms with E-state index >= 15 is 0 Å². The molecule has 2 aromatic rings. The molecule has 0 amide bonds. The molecule has 0 fully saturated rings. The van der Waals surface area contributed by atoms with Crippen LogP contribution < -0.4 is 26.2 Å². The van der Waals surface area contributed by atoms with Crippen molar-refractivity contribution in [1.82, 2.24) is 21.5 Å². The van der Waals surface area contributed by atoms with Gasteiger partial charge in [-0.1, -0.05) is 12.1 Å². The van der Waals surface area contributed by atoms with E-state index < -0.39 is 0 Å². The Kier molecular flexibility index (Phi) is 6.64. The summed E-state index contributed by atoms with van der Waals surface area (Å²) in [4.78, 5) is 0. The predicted octanol–water partition coefficient (Wildman–Crippen LogP) is 1.83. The van der Waals surface area contributed by atoms with Gasteiger partial charge in [-0.05, 0) is 54.3 Å². The Bertz CT molecular complexity index is 629. The van der Waals surface area contributed by atoms with Gasteiger partial charge in [-0.2, -0.15) is 0 Å². The van der Waals surface area contributed by atoms with E-state index in [2.05, 4.69) is 21.5 Å². The van der Waals surface area contributed by atoms with Gasteiger partial charge in [0.25, 0.3) is 0 Å². The lowest BCUT2D eigenvalue weighted by atomic mass is 10.2. The summed E-state index contributed by atoms with van der Waals surface area (Å²) in [7, 11) is 1.64. The van der Waals surface area contributed by atoms with Gasteiger partial charge in [-0.15, -0.1) is 0 Å². The van der Waals surface area contributed by atoms with E-state index in [-0.39, 0.29) is 0 Å². The van der Waals surface area contributed by atoms with Crippen LogP contribution >= 0.6 is 24.4 Å².